The molecule has 3 unspecified atom stereocenters. The van der Waals surface area contributed by atoms with E-state index in [4.69, 9.17) is 17.3 Å². The molecule has 0 aromatic carbocycles. The number of carboxylic acid groups (broad SMARTS) is 1. The Hall–Kier alpha value is -2.83. The largest absolute Gasteiger partial charge is 0.477 e. The van der Waals surface area contributed by atoms with E-state index >= 15 is 0 Å². The highest BCUT2D eigenvalue weighted by atomic mass is 35.5. The van der Waals surface area contributed by atoms with Gasteiger partial charge in [-0.1, -0.05) is 39.2 Å². The molecule has 19 heteroatoms. The fourth-order valence-electron chi connectivity index (χ4n) is 3.62. The van der Waals surface area contributed by atoms with Crippen LogP contribution in [0.4, 0.5) is 18.3 Å². The van der Waals surface area contributed by atoms with Gasteiger partial charge in [-0.3, -0.25) is 14.5 Å². The number of nitrogens with zero attached hydrogens (tertiary/aromatic N) is 5. The fourth-order valence-corrected chi connectivity index (χ4v) is 6.33. The van der Waals surface area contributed by atoms with Gasteiger partial charge >= 0.3 is 12.1 Å². The van der Waals surface area contributed by atoms with E-state index in [9.17, 15) is 37.6 Å². The van der Waals surface area contributed by atoms with Crippen LogP contribution in [0.15, 0.2) is 20.8 Å². The molecule has 2 amide bonds. The van der Waals surface area contributed by atoms with E-state index in [1.54, 1.807) is 0 Å². The van der Waals surface area contributed by atoms with Crippen LogP contribution in [0.2, 0.25) is 4.34 Å². The lowest BCUT2D eigenvalue weighted by atomic mass is 9.86. The van der Waals surface area contributed by atoms with Crippen molar-refractivity contribution in [1.82, 2.24) is 24.8 Å². The normalized spacial score (nSPS) is 20.8. The summed E-state index contributed by atoms with van der Waals surface area (Å²) in [4.78, 5) is 52.2. The van der Waals surface area contributed by atoms with Gasteiger partial charge in [-0.15, -0.1) is 10.0 Å². The maximum absolute atomic E-state index is 13.2. The number of aromatic nitrogens is 3. The molecule has 2 aliphatic heterocycles. The number of hydrogen-bond donors (Lipinski definition) is 3. The van der Waals surface area contributed by atoms with Crippen molar-refractivity contribution in [3.63, 3.8) is 0 Å². The predicted octanol–water partition coefficient (Wildman–Crippen LogP) is 2.63. The molecule has 4 N–H and O–H groups in total. The van der Waals surface area contributed by atoms with E-state index in [2.05, 4.69) is 25.1 Å². The lowest BCUT2D eigenvalue weighted by Gasteiger charge is -2.50. The fraction of sp³-hybridized carbons (Fsp3) is 0.375. The average Bonchev–Trinajstić information content (AvgIpc) is 3.38. The second-order valence-corrected chi connectivity index (χ2v) is 10.6. The van der Waals surface area contributed by atoms with Gasteiger partial charge in [0.2, 0.25) is 6.04 Å². The zero-order valence-corrected chi connectivity index (χ0v) is 20.0. The van der Waals surface area contributed by atoms with Crippen molar-refractivity contribution in [2.45, 2.75) is 42.2 Å². The van der Waals surface area contributed by atoms with Gasteiger partial charge in [-0.05, 0) is 29.6 Å². The van der Waals surface area contributed by atoms with Crippen molar-refractivity contribution < 1.29 is 32.7 Å². The lowest BCUT2D eigenvalue weighted by molar-refractivity contribution is -0.156. The van der Waals surface area contributed by atoms with Crippen LogP contribution in [0, 0.1) is 4.91 Å². The number of β-lactam (4-membered cyclic amide) rings is 1. The average molecular weight is 570 g/mol. The highest BCUT2D eigenvalue weighted by Crippen LogP contribution is 2.46. The third kappa shape index (κ3) is 4.57. The number of carbonyl (C=O) groups is 3. The van der Waals surface area contributed by atoms with Crippen LogP contribution in [0.3, 0.4) is 0 Å². The second-order valence-electron chi connectivity index (χ2n) is 7.10. The minimum atomic E-state index is -4.73. The molecular weight excluding hydrogens is 559 g/mol. The third-order valence-corrected chi connectivity index (χ3v) is 8.20. The van der Waals surface area contributed by atoms with E-state index in [0.717, 1.165) is 16.2 Å². The SMILES string of the molecule is Nc1nc(C(N=O)C(=O)NC2C(=O)N3C(C(=O)O)=C(Sc4nnsc4C(F)(F)F)CCC23)c(Cl)s1. The van der Waals surface area contributed by atoms with Gasteiger partial charge in [0.15, 0.2) is 10.0 Å². The van der Waals surface area contributed by atoms with Gasteiger partial charge in [0, 0.05) is 4.91 Å². The number of nitrogen functional groups attached to an aromatic ring is 1. The van der Waals surface area contributed by atoms with Crippen LogP contribution in [-0.2, 0) is 20.6 Å². The van der Waals surface area contributed by atoms with Crippen molar-refractivity contribution in [3.8, 4) is 0 Å². The minimum absolute atomic E-state index is 0.00474. The first-order valence-corrected chi connectivity index (χ1v) is 12.1. The topological polar surface area (TPSA) is 181 Å². The molecule has 1 fully saturated rings. The van der Waals surface area contributed by atoms with E-state index in [1.165, 1.54) is 0 Å². The number of nitrogens with one attached hydrogen (secondary N) is 1. The Morgan fingerprint density at radius 2 is 2.11 bits per heavy atom. The first kappa shape index (κ1) is 25.3. The van der Waals surface area contributed by atoms with Gasteiger partial charge in [0.05, 0.1) is 6.04 Å². The number of thiazole rings is 1. The number of carboxylic acids is 1. The minimum Gasteiger partial charge on any atom is -0.477 e. The summed E-state index contributed by atoms with van der Waals surface area (Å²) < 4.78 is 42.7. The summed E-state index contributed by atoms with van der Waals surface area (Å²) in [5, 5.41) is 17.6. The number of amides is 2. The van der Waals surface area contributed by atoms with Gasteiger partial charge in [-0.25, -0.2) is 9.78 Å². The zero-order valence-electron chi connectivity index (χ0n) is 16.8. The van der Waals surface area contributed by atoms with Crippen LogP contribution in [0.25, 0.3) is 0 Å². The highest BCUT2D eigenvalue weighted by Gasteiger charge is 2.54. The van der Waals surface area contributed by atoms with E-state index in [0.29, 0.717) is 11.8 Å². The number of rotatable bonds is 7. The molecule has 35 heavy (non-hydrogen) atoms. The molecule has 2 aliphatic rings. The predicted molar refractivity (Wildman–Crippen MR) is 117 cm³/mol. The molecule has 0 aliphatic carbocycles. The zero-order chi connectivity index (χ0) is 25.7. The molecule has 0 radical (unpaired) electrons. The number of nitrogens with two attached hydrogens (primary N) is 1. The van der Waals surface area contributed by atoms with Crippen LogP contribution < -0.4 is 11.1 Å². The second kappa shape index (κ2) is 9.32. The molecule has 1 saturated heterocycles. The maximum atomic E-state index is 13.2. The summed E-state index contributed by atoms with van der Waals surface area (Å²) in [6.07, 6.45) is -4.61. The Morgan fingerprint density at radius 3 is 2.69 bits per heavy atom. The first-order valence-electron chi connectivity index (χ1n) is 9.35. The molecule has 0 spiro atoms. The van der Waals surface area contributed by atoms with E-state index in [-0.39, 0.29) is 44.4 Å². The number of halogens is 4. The molecule has 4 heterocycles. The smallest absolute Gasteiger partial charge is 0.429 e. The van der Waals surface area contributed by atoms with Gasteiger partial charge in [0.25, 0.3) is 11.8 Å². The highest BCUT2D eigenvalue weighted by molar-refractivity contribution is 8.03. The molecule has 0 bridgehead atoms. The Bertz CT molecular complexity index is 1270. The Balaban J connectivity index is 1.55. The molecule has 186 valence electrons. The number of thioether (sulfide) groups is 1. The number of fused-ring (bicyclic) bond motifs is 1. The summed E-state index contributed by atoms with van der Waals surface area (Å²) >= 11 is 7.34. The number of aliphatic carboxylic acids is 1. The molecule has 2 aromatic rings. The standard InChI is InChI=1S/C16H11ClF3N7O5S3/c17-10-6(23-15(21)34-10)7(25-32)11(28)22-5-3-1-2-4(8(14(30)31)27(3)13(5)29)33-12-9(16(18,19)20)35-26-24-12/h3,5,7H,1-2H2,(H2,21,23)(H,22,28)(H,30,31). The summed E-state index contributed by atoms with van der Waals surface area (Å²) in [6.45, 7) is 0. The molecular formula is C16H11ClF3N7O5S3. The molecule has 2 aromatic heterocycles. The number of alkyl halides is 3. The number of carbonyl (C=O) groups excluding carboxylic acids is 2. The quantitative estimate of drug-likeness (QED) is 0.331. The van der Waals surface area contributed by atoms with Crippen LogP contribution in [0.5, 0.6) is 0 Å². The maximum Gasteiger partial charge on any atom is 0.429 e. The van der Waals surface area contributed by atoms with Crippen molar-refractivity contribution >= 4 is 69.1 Å². The van der Waals surface area contributed by atoms with Gasteiger partial charge < -0.3 is 16.2 Å². The lowest BCUT2D eigenvalue weighted by Crippen LogP contribution is -2.71. The summed E-state index contributed by atoms with van der Waals surface area (Å²) in [5.41, 5.74) is 4.82. The van der Waals surface area contributed by atoms with Crippen molar-refractivity contribution in [2.75, 3.05) is 5.73 Å². The number of anilines is 1. The molecule has 0 saturated carbocycles. The third-order valence-electron chi connectivity index (χ3n) is 5.07. The van der Waals surface area contributed by atoms with E-state index in [1.807, 2.05) is 0 Å². The summed E-state index contributed by atoms with van der Waals surface area (Å²) in [6, 6.07) is -3.69. The number of hydrogen-bond acceptors (Lipinski definition) is 12. The van der Waals surface area contributed by atoms with Crippen LogP contribution >= 0.6 is 46.2 Å². The summed E-state index contributed by atoms with van der Waals surface area (Å²) in [5.74, 6) is -3.35. The molecule has 3 atom stereocenters. The Morgan fingerprint density at radius 1 is 1.40 bits per heavy atom. The Kier molecular flexibility index (Phi) is 6.73. The van der Waals surface area contributed by atoms with Crippen molar-refractivity contribution in [3.05, 3.63) is 30.4 Å². The van der Waals surface area contributed by atoms with Crippen molar-refractivity contribution in [2.24, 2.45) is 5.18 Å². The van der Waals surface area contributed by atoms with Gasteiger partial charge in [0.1, 0.15) is 26.8 Å². The molecule has 12 nitrogen and oxygen atoms in total. The monoisotopic (exact) mass is 569 g/mol. The Labute approximate surface area is 209 Å². The number of nitroso groups, excluding NO2 is 1. The van der Waals surface area contributed by atoms with Crippen LogP contribution in [-0.4, -0.2) is 54.4 Å². The number of allylic oxidation sites excluding steroid dienone is 1. The van der Waals surface area contributed by atoms with E-state index < -0.39 is 57.7 Å². The molecule has 4 rings (SSSR count). The van der Waals surface area contributed by atoms with Crippen molar-refractivity contribution in [1.29, 1.82) is 0 Å². The first-order chi connectivity index (χ1) is 16.4. The van der Waals surface area contributed by atoms with Crippen LogP contribution in [0.1, 0.15) is 29.5 Å². The summed E-state index contributed by atoms with van der Waals surface area (Å²) in [7, 11) is 0. The van der Waals surface area contributed by atoms with Gasteiger partial charge in [-0.2, -0.15) is 13.2 Å².